The summed E-state index contributed by atoms with van der Waals surface area (Å²) < 4.78 is 25.4. The maximum Gasteiger partial charge on any atom is 0.235 e. The van der Waals surface area contributed by atoms with Crippen LogP contribution in [0, 0.1) is 11.8 Å². The fourth-order valence-corrected chi connectivity index (χ4v) is 5.18. The third-order valence-electron chi connectivity index (χ3n) is 5.56. The minimum Gasteiger partial charge on any atom is -0.463 e. The second-order valence-corrected chi connectivity index (χ2v) is 7.22. The normalized spacial score (nSPS) is 48.6. The molecule has 0 radical (unpaired) electrons. The number of alkyl halides is 2. The van der Waals surface area contributed by atoms with E-state index in [1.165, 1.54) is 0 Å². The van der Waals surface area contributed by atoms with Gasteiger partial charge in [-0.1, -0.05) is 22.4 Å². The van der Waals surface area contributed by atoms with Crippen LogP contribution in [-0.2, 0) is 19.2 Å². The molecule has 5 rings (SSSR count). The molecule has 2 bridgehead atoms. The number of hydrogen-bond donors (Lipinski definition) is 0. The number of ether oxygens (including phenoxy) is 2. The van der Waals surface area contributed by atoms with E-state index in [-0.39, 0.29) is 5.92 Å². The first kappa shape index (κ1) is 14.4. The van der Waals surface area contributed by atoms with Gasteiger partial charge in [0.15, 0.2) is 5.60 Å². The van der Waals surface area contributed by atoms with Crippen molar-refractivity contribution in [1.29, 1.82) is 0 Å². The van der Waals surface area contributed by atoms with E-state index in [0.717, 1.165) is 37.7 Å². The number of hydrogen-bond acceptors (Lipinski definition) is 4. The number of fused-ring (bicyclic) bond motifs is 2. The summed E-state index contributed by atoms with van der Waals surface area (Å²) in [5.41, 5.74) is 0.354. The van der Waals surface area contributed by atoms with Crippen LogP contribution in [0.3, 0.4) is 0 Å². The molecule has 4 heterocycles. The monoisotopic (exact) mass is 362 g/mol. The van der Waals surface area contributed by atoms with Gasteiger partial charge in [-0.15, -0.1) is 0 Å². The molecule has 4 nitrogen and oxygen atoms in total. The standard InChI is InChI=1S/C15H20BrFO4/c1-14-6-5-9-3-2-4-11-10(7-16)12(8-17)18-13(19-14)15(9,11)21-20-14/h9,11,13H,2-8H2,1H3/t9?,11-,13+,14-,15+/m0/s1. The molecule has 3 saturated heterocycles. The van der Waals surface area contributed by atoms with Crippen LogP contribution < -0.4 is 0 Å². The average Bonchev–Trinajstić information content (AvgIpc) is 2.72. The van der Waals surface area contributed by atoms with Gasteiger partial charge in [0.05, 0.1) is 0 Å². The van der Waals surface area contributed by atoms with Crippen molar-refractivity contribution >= 4 is 15.9 Å². The first-order valence-electron chi connectivity index (χ1n) is 7.68. The number of allylic oxidation sites excluding steroid dienone is 1. The van der Waals surface area contributed by atoms with Crippen LogP contribution in [0.5, 0.6) is 0 Å². The summed E-state index contributed by atoms with van der Waals surface area (Å²) in [7, 11) is 0. The Morgan fingerprint density at radius 3 is 2.90 bits per heavy atom. The van der Waals surface area contributed by atoms with E-state index in [9.17, 15) is 4.39 Å². The Labute approximate surface area is 132 Å². The summed E-state index contributed by atoms with van der Waals surface area (Å²) in [6.07, 6.45) is 4.38. The van der Waals surface area contributed by atoms with E-state index < -0.39 is 24.4 Å². The molecule has 6 heteroatoms. The predicted molar refractivity (Wildman–Crippen MR) is 76.1 cm³/mol. The molecule has 118 valence electrons. The summed E-state index contributed by atoms with van der Waals surface area (Å²) in [6, 6.07) is 0. The fourth-order valence-electron chi connectivity index (χ4n) is 4.48. The topological polar surface area (TPSA) is 36.9 Å². The van der Waals surface area contributed by atoms with Gasteiger partial charge in [0.25, 0.3) is 0 Å². The number of rotatable bonds is 2. The van der Waals surface area contributed by atoms with Crippen LogP contribution in [-0.4, -0.2) is 29.7 Å². The highest BCUT2D eigenvalue weighted by Crippen LogP contribution is 2.58. The smallest absolute Gasteiger partial charge is 0.235 e. The Morgan fingerprint density at radius 2 is 2.14 bits per heavy atom. The molecule has 0 aromatic heterocycles. The van der Waals surface area contributed by atoms with Gasteiger partial charge >= 0.3 is 0 Å². The van der Waals surface area contributed by atoms with E-state index in [0.29, 0.717) is 17.0 Å². The zero-order valence-corrected chi connectivity index (χ0v) is 13.7. The van der Waals surface area contributed by atoms with Crippen molar-refractivity contribution in [2.75, 3.05) is 12.0 Å². The lowest BCUT2D eigenvalue weighted by Gasteiger charge is -2.56. The lowest BCUT2D eigenvalue weighted by molar-refractivity contribution is -0.555. The van der Waals surface area contributed by atoms with Crippen molar-refractivity contribution in [1.82, 2.24) is 0 Å². The zero-order chi connectivity index (χ0) is 14.7. The van der Waals surface area contributed by atoms with Crippen molar-refractivity contribution in [2.24, 2.45) is 11.8 Å². The van der Waals surface area contributed by atoms with Crippen LogP contribution in [0.4, 0.5) is 4.39 Å². The first-order chi connectivity index (χ1) is 10.1. The molecular formula is C15H20BrFO4. The van der Waals surface area contributed by atoms with Crippen molar-refractivity contribution in [3.8, 4) is 0 Å². The van der Waals surface area contributed by atoms with Crippen LogP contribution >= 0.6 is 15.9 Å². The van der Waals surface area contributed by atoms with E-state index >= 15 is 0 Å². The van der Waals surface area contributed by atoms with Crippen LogP contribution in [0.2, 0.25) is 0 Å². The molecule has 0 aromatic rings. The molecular weight excluding hydrogens is 343 g/mol. The summed E-state index contributed by atoms with van der Waals surface area (Å²) in [6.45, 7) is 1.27. The molecule has 4 aliphatic heterocycles. The van der Waals surface area contributed by atoms with Gasteiger partial charge in [0.2, 0.25) is 12.1 Å². The molecule has 21 heavy (non-hydrogen) atoms. The van der Waals surface area contributed by atoms with Crippen LogP contribution in [0.25, 0.3) is 0 Å². The zero-order valence-electron chi connectivity index (χ0n) is 12.1. The highest BCUT2D eigenvalue weighted by atomic mass is 79.9. The molecule has 5 aliphatic rings. The molecule has 0 N–H and O–H groups in total. The quantitative estimate of drug-likeness (QED) is 0.555. The molecule has 0 amide bonds. The summed E-state index contributed by atoms with van der Waals surface area (Å²) in [4.78, 5) is 11.6. The molecule has 1 saturated carbocycles. The van der Waals surface area contributed by atoms with Gasteiger partial charge < -0.3 is 9.47 Å². The third-order valence-corrected chi connectivity index (χ3v) is 6.16. The van der Waals surface area contributed by atoms with Gasteiger partial charge in [-0.25, -0.2) is 14.2 Å². The van der Waals surface area contributed by atoms with Crippen molar-refractivity contribution in [2.45, 2.75) is 56.7 Å². The van der Waals surface area contributed by atoms with E-state index in [2.05, 4.69) is 15.9 Å². The highest BCUT2D eigenvalue weighted by Gasteiger charge is 2.67. The van der Waals surface area contributed by atoms with Crippen molar-refractivity contribution in [3.63, 3.8) is 0 Å². The molecule has 1 spiro atoms. The van der Waals surface area contributed by atoms with Gasteiger partial charge in [0, 0.05) is 17.7 Å². The van der Waals surface area contributed by atoms with E-state index in [1.807, 2.05) is 6.92 Å². The Kier molecular flexibility index (Phi) is 3.37. The second-order valence-electron chi connectivity index (χ2n) is 6.66. The Bertz CT molecular complexity index is 484. The predicted octanol–water partition coefficient (Wildman–Crippen LogP) is 3.60. The summed E-state index contributed by atoms with van der Waals surface area (Å²) in [5, 5.41) is 0.596. The maximum atomic E-state index is 13.4. The highest BCUT2D eigenvalue weighted by molar-refractivity contribution is 9.09. The SMILES string of the molecule is C[C@]12CCC3CCC[C@H]4C(CBr)=C(CF)O[C@H](O1)[C@@]34OO2. The molecule has 4 fully saturated rings. The molecule has 0 aromatic carbocycles. The fraction of sp³-hybridized carbons (Fsp3) is 0.867. The Balaban J connectivity index is 1.84. The number of halogens is 2. The van der Waals surface area contributed by atoms with Crippen molar-refractivity contribution in [3.05, 3.63) is 11.3 Å². The van der Waals surface area contributed by atoms with Crippen LogP contribution in [0.1, 0.15) is 39.0 Å². The van der Waals surface area contributed by atoms with Gasteiger partial charge in [-0.05, 0) is 37.7 Å². The second kappa shape index (κ2) is 4.91. The van der Waals surface area contributed by atoms with Gasteiger partial charge in [-0.2, -0.15) is 0 Å². The summed E-state index contributed by atoms with van der Waals surface area (Å²) in [5.74, 6) is 0.0574. The van der Waals surface area contributed by atoms with Crippen LogP contribution in [0.15, 0.2) is 11.3 Å². The Morgan fingerprint density at radius 1 is 1.29 bits per heavy atom. The van der Waals surface area contributed by atoms with Gasteiger partial charge in [0.1, 0.15) is 12.4 Å². The molecule has 1 unspecified atom stereocenters. The summed E-state index contributed by atoms with van der Waals surface area (Å²) >= 11 is 3.49. The third kappa shape index (κ3) is 1.89. The largest absolute Gasteiger partial charge is 0.463 e. The molecule has 1 aliphatic carbocycles. The lowest BCUT2D eigenvalue weighted by Crippen LogP contribution is -2.65. The minimum absolute atomic E-state index is 0.0998. The Hall–Kier alpha value is -0.170. The molecule has 5 atom stereocenters. The van der Waals surface area contributed by atoms with Gasteiger partial charge in [-0.3, -0.25) is 0 Å². The van der Waals surface area contributed by atoms with Crippen molar-refractivity contribution < 1.29 is 23.6 Å². The first-order valence-corrected chi connectivity index (χ1v) is 8.80. The van der Waals surface area contributed by atoms with E-state index in [1.54, 1.807) is 0 Å². The van der Waals surface area contributed by atoms with E-state index in [4.69, 9.17) is 19.2 Å². The minimum atomic E-state index is -0.787. The average molecular weight is 363 g/mol. The maximum absolute atomic E-state index is 13.4. The lowest BCUT2D eigenvalue weighted by atomic mass is 9.63.